The molecule has 0 bridgehead atoms. The van der Waals surface area contributed by atoms with Gasteiger partial charge in [-0.3, -0.25) is 4.79 Å². The van der Waals surface area contributed by atoms with Crippen molar-refractivity contribution in [3.05, 3.63) is 42.0 Å². The maximum Gasteiger partial charge on any atom is 0.225 e. The second-order valence-corrected chi connectivity index (χ2v) is 5.72. The Morgan fingerprint density at radius 2 is 2.00 bits per heavy atom. The molecule has 0 aliphatic heterocycles. The van der Waals surface area contributed by atoms with Crippen LogP contribution >= 0.6 is 0 Å². The molecule has 0 N–H and O–H groups in total. The minimum Gasteiger partial charge on any atom is -0.338 e. The van der Waals surface area contributed by atoms with E-state index in [-0.39, 0.29) is 0 Å². The third-order valence-electron chi connectivity index (χ3n) is 3.26. The summed E-state index contributed by atoms with van der Waals surface area (Å²) < 4.78 is 0. The highest BCUT2D eigenvalue weighted by Gasteiger charge is 2.33. The molecule has 0 unspecified atom stereocenters. The highest BCUT2D eigenvalue weighted by Crippen LogP contribution is 2.31. The van der Waals surface area contributed by atoms with E-state index in [9.17, 15) is 4.79 Å². The van der Waals surface area contributed by atoms with Crippen LogP contribution in [0.5, 0.6) is 0 Å². The highest BCUT2D eigenvalue weighted by molar-refractivity contribution is 5.81. The first-order valence-electron chi connectivity index (χ1n) is 7.17. The molecule has 0 radical (unpaired) electrons. The van der Waals surface area contributed by atoms with Crippen LogP contribution in [-0.4, -0.2) is 23.9 Å². The number of nitrogens with zero attached hydrogens (tertiary/aromatic N) is 1. The lowest BCUT2D eigenvalue weighted by Gasteiger charge is -2.23. The first-order chi connectivity index (χ1) is 9.16. The number of carbonyl (C=O) groups is 1. The van der Waals surface area contributed by atoms with Gasteiger partial charge in [-0.1, -0.05) is 56.3 Å². The largest absolute Gasteiger partial charge is 0.338 e. The molecule has 1 amide bonds. The van der Waals surface area contributed by atoms with Crippen LogP contribution in [0, 0.1) is 11.8 Å². The normalized spacial score (nSPS) is 15.1. The van der Waals surface area contributed by atoms with Crippen molar-refractivity contribution in [1.29, 1.82) is 0 Å². The molecule has 0 heterocycles. The van der Waals surface area contributed by atoms with Crippen molar-refractivity contribution >= 4 is 12.0 Å². The fourth-order valence-corrected chi connectivity index (χ4v) is 2.16. The quantitative estimate of drug-likeness (QED) is 0.762. The Morgan fingerprint density at radius 1 is 1.32 bits per heavy atom. The zero-order valence-electron chi connectivity index (χ0n) is 11.9. The molecule has 102 valence electrons. The second kappa shape index (κ2) is 6.55. The van der Waals surface area contributed by atoms with E-state index in [4.69, 9.17) is 0 Å². The molecular formula is C17H23NO. The van der Waals surface area contributed by atoms with Crippen LogP contribution in [-0.2, 0) is 4.79 Å². The molecule has 0 spiro atoms. The third-order valence-corrected chi connectivity index (χ3v) is 3.26. The van der Waals surface area contributed by atoms with Gasteiger partial charge in [-0.2, -0.15) is 0 Å². The predicted molar refractivity (Wildman–Crippen MR) is 79.6 cm³/mol. The Labute approximate surface area is 116 Å². The second-order valence-electron chi connectivity index (χ2n) is 5.72. The summed E-state index contributed by atoms with van der Waals surface area (Å²) in [5, 5.41) is 0. The van der Waals surface area contributed by atoms with E-state index >= 15 is 0 Å². The average Bonchev–Trinajstić information content (AvgIpc) is 3.22. The Balaban J connectivity index is 1.92. The Kier molecular flexibility index (Phi) is 4.78. The van der Waals surface area contributed by atoms with Gasteiger partial charge in [0.2, 0.25) is 5.91 Å². The number of amides is 1. The van der Waals surface area contributed by atoms with E-state index in [2.05, 4.69) is 38.1 Å². The fraction of sp³-hybridized carbons (Fsp3) is 0.471. The molecular weight excluding hydrogens is 234 g/mol. The number of hydrogen-bond acceptors (Lipinski definition) is 1. The summed E-state index contributed by atoms with van der Waals surface area (Å²) in [6.07, 6.45) is 6.34. The van der Waals surface area contributed by atoms with E-state index in [1.54, 1.807) is 0 Å². The first-order valence-corrected chi connectivity index (χ1v) is 7.17. The van der Waals surface area contributed by atoms with Crippen molar-refractivity contribution < 1.29 is 4.79 Å². The smallest absolute Gasteiger partial charge is 0.225 e. The molecule has 1 aromatic rings. The van der Waals surface area contributed by atoms with Gasteiger partial charge in [-0.25, -0.2) is 0 Å². The van der Waals surface area contributed by atoms with Gasteiger partial charge in [-0.15, -0.1) is 0 Å². The number of benzene rings is 1. The molecule has 1 aromatic carbocycles. The molecule has 19 heavy (non-hydrogen) atoms. The van der Waals surface area contributed by atoms with Crippen molar-refractivity contribution in [2.45, 2.75) is 26.7 Å². The van der Waals surface area contributed by atoms with E-state index in [0.717, 1.165) is 25.9 Å². The van der Waals surface area contributed by atoms with Crippen molar-refractivity contribution in [1.82, 2.24) is 4.90 Å². The summed E-state index contributed by atoms with van der Waals surface area (Å²) in [5.41, 5.74) is 1.19. The van der Waals surface area contributed by atoms with Crippen LogP contribution in [0.1, 0.15) is 32.3 Å². The van der Waals surface area contributed by atoms with Crippen LogP contribution < -0.4 is 0 Å². The minimum atomic E-state index is 0.309. The highest BCUT2D eigenvalue weighted by atomic mass is 16.2. The zero-order chi connectivity index (χ0) is 13.7. The van der Waals surface area contributed by atoms with Crippen LogP contribution in [0.2, 0.25) is 0 Å². The zero-order valence-corrected chi connectivity index (χ0v) is 11.9. The summed E-state index contributed by atoms with van der Waals surface area (Å²) in [5.74, 6) is 1.17. The van der Waals surface area contributed by atoms with Gasteiger partial charge < -0.3 is 4.90 Å². The fourth-order valence-electron chi connectivity index (χ4n) is 2.16. The lowest BCUT2D eigenvalue weighted by Crippen LogP contribution is -2.35. The molecule has 2 nitrogen and oxygen atoms in total. The first kappa shape index (κ1) is 13.9. The van der Waals surface area contributed by atoms with Crippen molar-refractivity contribution in [2.75, 3.05) is 13.1 Å². The molecule has 1 fully saturated rings. The standard InChI is InChI=1S/C17H23NO/c1-14(2)13-18(17(19)16-10-11-16)12-6-9-15-7-4-3-5-8-15/h3-9,14,16H,10-13H2,1-2H3/b9-6-. The van der Waals surface area contributed by atoms with Crippen LogP contribution in [0.25, 0.3) is 6.08 Å². The van der Waals surface area contributed by atoms with Crippen LogP contribution in [0.15, 0.2) is 36.4 Å². The summed E-state index contributed by atoms with van der Waals surface area (Å²) in [6.45, 7) is 5.90. The molecule has 0 aromatic heterocycles. The monoisotopic (exact) mass is 257 g/mol. The minimum absolute atomic E-state index is 0.309. The van der Waals surface area contributed by atoms with Crippen LogP contribution in [0.3, 0.4) is 0 Å². The lowest BCUT2D eigenvalue weighted by molar-refractivity contribution is -0.132. The van der Waals surface area contributed by atoms with Gasteiger partial charge in [0.25, 0.3) is 0 Å². The number of carbonyl (C=O) groups excluding carboxylic acids is 1. The van der Waals surface area contributed by atoms with Crippen molar-refractivity contribution in [2.24, 2.45) is 11.8 Å². The topological polar surface area (TPSA) is 20.3 Å². The van der Waals surface area contributed by atoms with Gasteiger partial charge in [0.05, 0.1) is 0 Å². The maximum atomic E-state index is 12.2. The number of rotatable bonds is 6. The molecule has 1 saturated carbocycles. The van der Waals surface area contributed by atoms with Crippen molar-refractivity contribution in [3.63, 3.8) is 0 Å². The van der Waals surface area contributed by atoms with E-state index in [0.29, 0.717) is 17.7 Å². The molecule has 0 saturated heterocycles. The summed E-state index contributed by atoms with van der Waals surface area (Å²) >= 11 is 0. The molecule has 2 heteroatoms. The summed E-state index contributed by atoms with van der Waals surface area (Å²) in [6, 6.07) is 10.2. The van der Waals surface area contributed by atoms with Gasteiger partial charge >= 0.3 is 0 Å². The molecule has 1 aliphatic rings. The summed E-state index contributed by atoms with van der Waals surface area (Å²) in [7, 11) is 0. The molecule has 1 aliphatic carbocycles. The predicted octanol–water partition coefficient (Wildman–Crippen LogP) is 3.59. The SMILES string of the molecule is CC(C)CN(C/C=C\c1ccccc1)C(=O)C1CC1. The lowest BCUT2D eigenvalue weighted by atomic mass is 10.2. The van der Waals surface area contributed by atoms with Gasteiger partial charge in [-0.05, 0) is 24.3 Å². The van der Waals surface area contributed by atoms with Crippen LogP contribution in [0.4, 0.5) is 0 Å². The summed E-state index contributed by atoms with van der Waals surface area (Å²) in [4.78, 5) is 14.2. The van der Waals surface area contributed by atoms with E-state index in [1.807, 2.05) is 23.1 Å². The Bertz CT molecular complexity index is 432. The Hall–Kier alpha value is -1.57. The maximum absolute atomic E-state index is 12.2. The molecule has 0 atom stereocenters. The molecule has 2 rings (SSSR count). The van der Waals surface area contributed by atoms with E-state index < -0.39 is 0 Å². The van der Waals surface area contributed by atoms with Gasteiger partial charge in [0.1, 0.15) is 0 Å². The van der Waals surface area contributed by atoms with Crippen molar-refractivity contribution in [3.8, 4) is 0 Å². The third kappa shape index (κ3) is 4.55. The number of hydrogen-bond donors (Lipinski definition) is 0. The average molecular weight is 257 g/mol. The van der Waals surface area contributed by atoms with E-state index in [1.165, 1.54) is 5.56 Å². The Morgan fingerprint density at radius 3 is 2.58 bits per heavy atom. The van der Waals surface area contributed by atoms with Gasteiger partial charge in [0.15, 0.2) is 0 Å². The van der Waals surface area contributed by atoms with Gasteiger partial charge in [0, 0.05) is 19.0 Å².